The van der Waals surface area contributed by atoms with Crippen molar-refractivity contribution < 1.29 is 9.53 Å². The minimum absolute atomic E-state index is 0.354. The zero-order valence-corrected chi connectivity index (χ0v) is 12.9. The molecule has 0 radical (unpaired) electrons. The number of halogens is 1. The summed E-state index contributed by atoms with van der Waals surface area (Å²) in [6.07, 6.45) is 3.56. The lowest BCUT2D eigenvalue weighted by Crippen LogP contribution is -2.09. The number of esters is 1. The number of carbonyl (C=O) groups is 1. The third-order valence-corrected chi connectivity index (χ3v) is 3.55. The summed E-state index contributed by atoms with van der Waals surface area (Å²) in [6.45, 7) is 0.470. The molecule has 1 aromatic carbocycles. The smallest absolute Gasteiger partial charge is 0.338 e. The summed E-state index contributed by atoms with van der Waals surface area (Å²) in [5.74, 6) is -0.354. The van der Waals surface area contributed by atoms with Gasteiger partial charge in [-0.25, -0.2) is 14.5 Å². The Bertz CT molecular complexity index is 600. The highest BCUT2D eigenvalue weighted by Gasteiger charge is 2.13. The second-order valence-corrected chi connectivity index (χ2v) is 5.41. The van der Waals surface area contributed by atoms with Crippen LogP contribution >= 0.6 is 27.7 Å². The maximum Gasteiger partial charge on any atom is 0.338 e. The minimum Gasteiger partial charge on any atom is -0.465 e. The van der Waals surface area contributed by atoms with E-state index < -0.39 is 0 Å². The van der Waals surface area contributed by atoms with Crippen molar-refractivity contribution in [2.75, 3.05) is 13.4 Å². The predicted molar refractivity (Wildman–Crippen MR) is 76.4 cm³/mol. The van der Waals surface area contributed by atoms with Gasteiger partial charge < -0.3 is 4.74 Å². The van der Waals surface area contributed by atoms with Gasteiger partial charge in [-0.05, 0) is 30.0 Å². The van der Waals surface area contributed by atoms with Gasteiger partial charge in [0.1, 0.15) is 6.33 Å². The monoisotopic (exact) mass is 341 g/mol. The largest absolute Gasteiger partial charge is 0.465 e. The molecule has 19 heavy (non-hydrogen) atoms. The first kappa shape index (κ1) is 14.1. The summed E-state index contributed by atoms with van der Waals surface area (Å²) >= 11 is 4.87. The van der Waals surface area contributed by atoms with Crippen molar-refractivity contribution in [3.05, 3.63) is 40.1 Å². The number of methoxy groups -OCH3 is 1. The Morgan fingerprint density at radius 3 is 2.95 bits per heavy atom. The van der Waals surface area contributed by atoms with Gasteiger partial charge in [-0.3, -0.25) is 0 Å². The molecule has 0 bridgehead atoms. The molecule has 7 heteroatoms. The van der Waals surface area contributed by atoms with Crippen LogP contribution in [0.2, 0.25) is 0 Å². The van der Waals surface area contributed by atoms with E-state index in [1.165, 1.54) is 18.9 Å². The van der Waals surface area contributed by atoms with E-state index in [1.807, 2.05) is 18.4 Å². The van der Waals surface area contributed by atoms with Crippen LogP contribution in [-0.4, -0.2) is 34.1 Å². The summed E-state index contributed by atoms with van der Waals surface area (Å²) in [7, 11) is 1.37. The number of thioether (sulfide) groups is 1. The molecular formula is C12H12BrN3O2S. The Hall–Kier alpha value is -1.34. The second-order valence-electron chi connectivity index (χ2n) is 3.72. The summed E-state index contributed by atoms with van der Waals surface area (Å²) in [6, 6.07) is 5.43. The number of carbonyl (C=O) groups excluding carboxylic acids is 1. The Labute approximate surface area is 123 Å². The van der Waals surface area contributed by atoms with Gasteiger partial charge in [0.2, 0.25) is 5.16 Å². The van der Waals surface area contributed by atoms with Gasteiger partial charge in [0.15, 0.2) is 0 Å². The molecule has 2 rings (SSSR count). The van der Waals surface area contributed by atoms with Crippen LogP contribution in [0.5, 0.6) is 0 Å². The van der Waals surface area contributed by atoms with Crippen LogP contribution in [0.4, 0.5) is 0 Å². The molecule has 0 fully saturated rings. The van der Waals surface area contributed by atoms with E-state index in [-0.39, 0.29) is 5.97 Å². The van der Waals surface area contributed by atoms with Gasteiger partial charge in [-0.1, -0.05) is 27.7 Å². The molecule has 0 aliphatic heterocycles. The molecule has 0 saturated heterocycles. The molecule has 0 amide bonds. The fourth-order valence-electron chi connectivity index (χ4n) is 1.62. The molecule has 0 aliphatic rings. The van der Waals surface area contributed by atoms with E-state index in [1.54, 1.807) is 17.1 Å². The lowest BCUT2D eigenvalue weighted by atomic mass is 10.1. The van der Waals surface area contributed by atoms with E-state index >= 15 is 0 Å². The highest BCUT2D eigenvalue weighted by atomic mass is 79.9. The van der Waals surface area contributed by atoms with Gasteiger partial charge in [0, 0.05) is 4.47 Å². The van der Waals surface area contributed by atoms with Crippen LogP contribution in [0.1, 0.15) is 15.9 Å². The first-order chi connectivity index (χ1) is 9.13. The first-order valence-electron chi connectivity index (χ1n) is 5.44. The molecule has 100 valence electrons. The Kier molecular flexibility index (Phi) is 4.60. The number of rotatable bonds is 4. The predicted octanol–water partition coefficient (Wildman–Crippen LogP) is 2.60. The van der Waals surface area contributed by atoms with E-state index in [0.717, 1.165) is 10.0 Å². The number of ether oxygens (including phenoxy) is 1. The van der Waals surface area contributed by atoms with Crippen LogP contribution in [0.25, 0.3) is 0 Å². The summed E-state index contributed by atoms with van der Waals surface area (Å²) in [4.78, 5) is 15.8. The fourth-order valence-corrected chi connectivity index (χ4v) is 2.37. The van der Waals surface area contributed by atoms with Crippen LogP contribution < -0.4 is 0 Å². The third kappa shape index (κ3) is 3.36. The highest BCUT2D eigenvalue weighted by molar-refractivity contribution is 9.10. The molecule has 0 unspecified atom stereocenters. The fraction of sp³-hybridized carbons (Fsp3) is 0.250. The Morgan fingerprint density at radius 2 is 2.32 bits per heavy atom. The second kappa shape index (κ2) is 6.21. The average molecular weight is 342 g/mol. The van der Waals surface area contributed by atoms with Crippen molar-refractivity contribution in [3.63, 3.8) is 0 Å². The first-order valence-corrected chi connectivity index (χ1v) is 7.46. The van der Waals surface area contributed by atoms with E-state index in [0.29, 0.717) is 17.3 Å². The van der Waals surface area contributed by atoms with Gasteiger partial charge in [-0.15, -0.1) is 5.10 Å². The zero-order valence-electron chi connectivity index (χ0n) is 10.5. The van der Waals surface area contributed by atoms with Crippen molar-refractivity contribution in [3.8, 4) is 0 Å². The molecular weight excluding hydrogens is 330 g/mol. The molecule has 5 nitrogen and oxygen atoms in total. The summed E-state index contributed by atoms with van der Waals surface area (Å²) in [5.41, 5.74) is 1.37. The normalized spacial score (nSPS) is 10.5. The topological polar surface area (TPSA) is 57.0 Å². The molecule has 0 aliphatic carbocycles. The third-order valence-electron chi connectivity index (χ3n) is 2.50. The van der Waals surface area contributed by atoms with Crippen LogP contribution in [0.3, 0.4) is 0 Å². The van der Waals surface area contributed by atoms with Crippen molar-refractivity contribution in [1.82, 2.24) is 14.8 Å². The van der Waals surface area contributed by atoms with Crippen molar-refractivity contribution in [2.24, 2.45) is 0 Å². The Balaban J connectivity index is 2.32. The standard InChI is InChI=1S/C12H12BrN3O2S/c1-18-11(17)10-4-3-9(13)5-8(10)6-16-7-14-12(15-16)19-2/h3-5,7H,6H2,1-2H3. The molecule has 0 atom stereocenters. The van der Waals surface area contributed by atoms with Crippen molar-refractivity contribution >= 4 is 33.7 Å². The molecule has 0 N–H and O–H groups in total. The summed E-state index contributed by atoms with van der Waals surface area (Å²) < 4.78 is 7.37. The van der Waals surface area contributed by atoms with Crippen LogP contribution in [-0.2, 0) is 11.3 Å². The highest BCUT2D eigenvalue weighted by Crippen LogP contribution is 2.19. The van der Waals surface area contributed by atoms with E-state index in [9.17, 15) is 4.79 Å². The van der Waals surface area contributed by atoms with Crippen molar-refractivity contribution in [1.29, 1.82) is 0 Å². The maximum atomic E-state index is 11.7. The summed E-state index contributed by atoms with van der Waals surface area (Å²) in [5, 5.41) is 4.98. The number of benzene rings is 1. The SMILES string of the molecule is COC(=O)c1ccc(Br)cc1Cn1cnc(SC)n1. The maximum absolute atomic E-state index is 11.7. The lowest BCUT2D eigenvalue weighted by molar-refractivity contribution is 0.0599. The van der Waals surface area contributed by atoms with E-state index in [4.69, 9.17) is 4.74 Å². The minimum atomic E-state index is -0.354. The number of aromatic nitrogens is 3. The molecule has 2 aromatic rings. The zero-order chi connectivity index (χ0) is 13.8. The molecule has 0 spiro atoms. The average Bonchev–Trinajstić information content (AvgIpc) is 2.86. The molecule has 1 heterocycles. The van der Waals surface area contributed by atoms with Crippen LogP contribution in [0, 0.1) is 0 Å². The number of hydrogen-bond acceptors (Lipinski definition) is 5. The Morgan fingerprint density at radius 1 is 1.53 bits per heavy atom. The quantitative estimate of drug-likeness (QED) is 0.631. The van der Waals surface area contributed by atoms with Gasteiger partial charge in [-0.2, -0.15) is 0 Å². The molecule has 1 aromatic heterocycles. The van der Waals surface area contributed by atoms with Crippen LogP contribution in [0.15, 0.2) is 34.2 Å². The van der Waals surface area contributed by atoms with E-state index in [2.05, 4.69) is 26.0 Å². The lowest BCUT2D eigenvalue weighted by Gasteiger charge is -2.08. The van der Waals surface area contributed by atoms with Crippen molar-refractivity contribution in [2.45, 2.75) is 11.7 Å². The van der Waals surface area contributed by atoms with Gasteiger partial charge in [0.05, 0.1) is 19.2 Å². The van der Waals surface area contributed by atoms with Gasteiger partial charge in [0.25, 0.3) is 0 Å². The number of hydrogen-bond donors (Lipinski definition) is 0. The molecule has 0 saturated carbocycles. The van der Waals surface area contributed by atoms with Gasteiger partial charge >= 0.3 is 5.97 Å². The number of nitrogens with zero attached hydrogens (tertiary/aromatic N) is 3.